The molecule has 0 saturated carbocycles. The van der Waals surface area contributed by atoms with Crippen molar-refractivity contribution in [3.8, 4) is 0 Å². The van der Waals surface area contributed by atoms with Gasteiger partial charge in [-0.1, -0.05) is 17.7 Å². The summed E-state index contributed by atoms with van der Waals surface area (Å²) in [6, 6.07) is 14.4. The Morgan fingerprint density at radius 1 is 1.00 bits per heavy atom. The number of hydrogen-bond acceptors (Lipinski definition) is 4. The summed E-state index contributed by atoms with van der Waals surface area (Å²) in [7, 11) is -1.80. The SMILES string of the molecule is COC1CCN(c2ccc(NS(=O)(=O)c3ccc(C)cc3)cc2)CC1. The van der Waals surface area contributed by atoms with E-state index in [4.69, 9.17) is 4.74 Å². The Morgan fingerprint density at radius 2 is 1.60 bits per heavy atom. The van der Waals surface area contributed by atoms with Crippen LogP contribution in [-0.2, 0) is 14.8 Å². The molecule has 0 spiro atoms. The van der Waals surface area contributed by atoms with Gasteiger partial charge in [0.1, 0.15) is 0 Å². The molecule has 134 valence electrons. The second kappa shape index (κ2) is 7.45. The van der Waals surface area contributed by atoms with Gasteiger partial charge in [-0.05, 0) is 56.2 Å². The van der Waals surface area contributed by atoms with Crippen LogP contribution in [-0.4, -0.2) is 34.7 Å². The van der Waals surface area contributed by atoms with Crippen LogP contribution in [0.25, 0.3) is 0 Å². The van der Waals surface area contributed by atoms with E-state index in [-0.39, 0.29) is 4.90 Å². The zero-order valence-electron chi connectivity index (χ0n) is 14.6. The predicted octanol–water partition coefficient (Wildman–Crippen LogP) is 3.41. The topological polar surface area (TPSA) is 58.6 Å². The third kappa shape index (κ3) is 4.32. The number of benzene rings is 2. The monoisotopic (exact) mass is 360 g/mol. The second-order valence-corrected chi connectivity index (χ2v) is 8.07. The molecule has 3 rings (SSSR count). The number of nitrogens with zero attached hydrogens (tertiary/aromatic N) is 1. The van der Waals surface area contributed by atoms with Gasteiger partial charge < -0.3 is 9.64 Å². The minimum atomic E-state index is -3.56. The van der Waals surface area contributed by atoms with Crippen molar-refractivity contribution in [2.45, 2.75) is 30.8 Å². The molecule has 0 atom stereocenters. The quantitative estimate of drug-likeness (QED) is 0.888. The second-order valence-electron chi connectivity index (χ2n) is 6.39. The Hall–Kier alpha value is -2.05. The lowest BCUT2D eigenvalue weighted by molar-refractivity contribution is 0.0819. The Balaban J connectivity index is 1.67. The van der Waals surface area contributed by atoms with Crippen molar-refractivity contribution in [3.05, 3.63) is 54.1 Å². The average molecular weight is 360 g/mol. The molecule has 0 bridgehead atoms. The lowest BCUT2D eigenvalue weighted by atomic mass is 10.1. The molecule has 2 aromatic carbocycles. The number of nitrogens with one attached hydrogen (secondary N) is 1. The number of anilines is 2. The van der Waals surface area contributed by atoms with Gasteiger partial charge in [-0.2, -0.15) is 0 Å². The highest BCUT2D eigenvalue weighted by atomic mass is 32.2. The van der Waals surface area contributed by atoms with Gasteiger partial charge >= 0.3 is 0 Å². The number of sulfonamides is 1. The lowest BCUT2D eigenvalue weighted by Gasteiger charge is -2.33. The number of methoxy groups -OCH3 is 1. The van der Waals surface area contributed by atoms with E-state index in [9.17, 15) is 8.42 Å². The van der Waals surface area contributed by atoms with Gasteiger partial charge in [-0.3, -0.25) is 4.72 Å². The van der Waals surface area contributed by atoms with Gasteiger partial charge in [-0.25, -0.2) is 8.42 Å². The molecule has 1 saturated heterocycles. The fourth-order valence-electron chi connectivity index (χ4n) is 3.02. The standard InChI is InChI=1S/C19H24N2O3S/c1-15-3-9-19(10-4-15)25(22,23)20-16-5-7-17(8-6-16)21-13-11-18(24-2)12-14-21/h3-10,18,20H,11-14H2,1-2H3. The van der Waals surface area contributed by atoms with E-state index in [0.717, 1.165) is 37.2 Å². The molecule has 5 nitrogen and oxygen atoms in total. The number of ether oxygens (including phenoxy) is 1. The van der Waals surface area contributed by atoms with Crippen molar-refractivity contribution in [3.63, 3.8) is 0 Å². The fraction of sp³-hybridized carbons (Fsp3) is 0.368. The summed E-state index contributed by atoms with van der Waals surface area (Å²) < 4.78 is 32.9. The number of aryl methyl sites for hydroxylation is 1. The molecule has 1 aliphatic rings. The van der Waals surface area contributed by atoms with Crippen molar-refractivity contribution in [1.29, 1.82) is 0 Å². The first-order chi connectivity index (χ1) is 12.0. The van der Waals surface area contributed by atoms with E-state index in [1.165, 1.54) is 0 Å². The Kier molecular flexibility index (Phi) is 5.30. The number of piperidine rings is 1. The molecular formula is C19H24N2O3S. The van der Waals surface area contributed by atoms with Gasteiger partial charge in [0.05, 0.1) is 11.0 Å². The summed E-state index contributed by atoms with van der Waals surface area (Å²) in [5, 5.41) is 0. The van der Waals surface area contributed by atoms with Crippen molar-refractivity contribution in [2.75, 3.05) is 29.8 Å². The minimum absolute atomic E-state index is 0.267. The Morgan fingerprint density at radius 3 is 2.16 bits per heavy atom. The van der Waals surface area contributed by atoms with Gasteiger partial charge in [-0.15, -0.1) is 0 Å². The smallest absolute Gasteiger partial charge is 0.261 e. The van der Waals surface area contributed by atoms with E-state index >= 15 is 0 Å². The maximum Gasteiger partial charge on any atom is 0.261 e. The molecule has 1 heterocycles. The van der Waals surface area contributed by atoms with Crippen LogP contribution in [0.3, 0.4) is 0 Å². The fourth-order valence-corrected chi connectivity index (χ4v) is 4.08. The molecule has 25 heavy (non-hydrogen) atoms. The van der Waals surface area contributed by atoms with Crippen LogP contribution in [0, 0.1) is 6.92 Å². The molecule has 0 aromatic heterocycles. The van der Waals surface area contributed by atoms with Gasteiger partial charge in [0, 0.05) is 31.6 Å². The summed E-state index contributed by atoms with van der Waals surface area (Å²) in [4.78, 5) is 2.57. The maximum absolute atomic E-state index is 12.4. The number of rotatable bonds is 5. The highest BCUT2D eigenvalue weighted by molar-refractivity contribution is 7.92. The summed E-state index contributed by atoms with van der Waals surface area (Å²) in [5.74, 6) is 0. The van der Waals surface area contributed by atoms with E-state index in [2.05, 4.69) is 9.62 Å². The molecule has 0 radical (unpaired) electrons. The van der Waals surface area contributed by atoms with Crippen LogP contribution in [0.15, 0.2) is 53.4 Å². The van der Waals surface area contributed by atoms with E-state index in [0.29, 0.717) is 11.8 Å². The largest absolute Gasteiger partial charge is 0.381 e. The van der Waals surface area contributed by atoms with Gasteiger partial charge in [0.15, 0.2) is 0 Å². The molecule has 0 aliphatic carbocycles. The van der Waals surface area contributed by atoms with Crippen molar-refractivity contribution >= 4 is 21.4 Å². The highest BCUT2D eigenvalue weighted by Crippen LogP contribution is 2.24. The molecule has 1 aliphatic heterocycles. The number of hydrogen-bond donors (Lipinski definition) is 1. The normalized spacial score (nSPS) is 16.0. The van der Waals surface area contributed by atoms with Gasteiger partial charge in [0.2, 0.25) is 0 Å². The molecule has 6 heteroatoms. The summed E-state index contributed by atoms with van der Waals surface area (Å²) in [6.45, 7) is 3.83. The van der Waals surface area contributed by atoms with E-state index in [1.54, 1.807) is 31.4 Å². The van der Waals surface area contributed by atoms with Crippen molar-refractivity contribution in [2.24, 2.45) is 0 Å². The van der Waals surface area contributed by atoms with Crippen LogP contribution in [0.5, 0.6) is 0 Å². The van der Waals surface area contributed by atoms with Crippen LogP contribution >= 0.6 is 0 Å². The Labute approximate surface area is 149 Å². The zero-order valence-corrected chi connectivity index (χ0v) is 15.4. The van der Waals surface area contributed by atoms with E-state index in [1.807, 2.05) is 31.2 Å². The zero-order chi connectivity index (χ0) is 17.9. The minimum Gasteiger partial charge on any atom is -0.381 e. The first-order valence-corrected chi connectivity index (χ1v) is 9.93. The van der Waals surface area contributed by atoms with Crippen LogP contribution in [0.1, 0.15) is 18.4 Å². The molecule has 1 fully saturated rings. The molecule has 2 aromatic rings. The van der Waals surface area contributed by atoms with Crippen LogP contribution in [0.2, 0.25) is 0 Å². The van der Waals surface area contributed by atoms with Crippen LogP contribution < -0.4 is 9.62 Å². The molecular weight excluding hydrogens is 336 g/mol. The van der Waals surface area contributed by atoms with Crippen molar-refractivity contribution < 1.29 is 13.2 Å². The molecule has 0 unspecified atom stereocenters. The summed E-state index contributed by atoms with van der Waals surface area (Å²) in [6.07, 6.45) is 2.37. The third-order valence-corrected chi connectivity index (χ3v) is 5.99. The summed E-state index contributed by atoms with van der Waals surface area (Å²) in [5.41, 5.74) is 2.70. The van der Waals surface area contributed by atoms with E-state index < -0.39 is 10.0 Å². The Bertz CT molecular complexity index is 794. The van der Waals surface area contributed by atoms with Crippen molar-refractivity contribution in [1.82, 2.24) is 0 Å². The maximum atomic E-state index is 12.4. The van der Waals surface area contributed by atoms with Crippen LogP contribution in [0.4, 0.5) is 11.4 Å². The first-order valence-electron chi connectivity index (χ1n) is 8.45. The highest BCUT2D eigenvalue weighted by Gasteiger charge is 2.19. The molecule has 0 amide bonds. The average Bonchev–Trinajstić information content (AvgIpc) is 2.62. The summed E-state index contributed by atoms with van der Waals surface area (Å²) >= 11 is 0. The lowest BCUT2D eigenvalue weighted by Crippen LogP contribution is -2.36. The first kappa shape index (κ1) is 17.8. The van der Waals surface area contributed by atoms with Gasteiger partial charge in [0.25, 0.3) is 10.0 Å². The predicted molar refractivity (Wildman–Crippen MR) is 101 cm³/mol. The third-order valence-electron chi connectivity index (χ3n) is 4.59. The molecule has 1 N–H and O–H groups in total.